The summed E-state index contributed by atoms with van der Waals surface area (Å²) in [5.41, 5.74) is 1.93. The van der Waals surface area contributed by atoms with E-state index in [1.807, 2.05) is 62.4 Å². The largest absolute Gasteiger partial charge is 0.490 e. The van der Waals surface area contributed by atoms with Crippen LogP contribution in [-0.2, 0) is 11.4 Å². The van der Waals surface area contributed by atoms with Gasteiger partial charge in [0.05, 0.1) is 16.0 Å². The number of halogens is 1. The van der Waals surface area contributed by atoms with E-state index < -0.39 is 0 Å². The van der Waals surface area contributed by atoms with E-state index in [9.17, 15) is 4.79 Å². The number of thioether (sulfide) groups is 1. The number of benzene rings is 2. The molecule has 2 aromatic carbocycles. The van der Waals surface area contributed by atoms with Gasteiger partial charge < -0.3 is 9.47 Å². The summed E-state index contributed by atoms with van der Waals surface area (Å²) in [5, 5.41) is 0. The molecule has 3 rings (SSSR count). The Balaban J connectivity index is 1.86. The molecule has 0 N–H and O–H groups in total. The third kappa shape index (κ3) is 5.41. The molecule has 29 heavy (non-hydrogen) atoms. The quantitative estimate of drug-likeness (QED) is 0.332. The highest BCUT2D eigenvalue weighted by atomic mass is 79.9. The third-order valence-corrected chi connectivity index (χ3v) is 6.14. The van der Waals surface area contributed by atoms with E-state index in [4.69, 9.17) is 21.7 Å². The number of amides is 1. The molecule has 1 fully saturated rings. The Hall–Kier alpha value is -1.83. The average molecular weight is 492 g/mol. The molecule has 4 nitrogen and oxygen atoms in total. The standard InChI is InChI=1S/C22H22BrNO3S2/c1-3-10-24-21(25)19(29-22(24)28)13-16-11-17(23)20(18(12-16)26-4-2)27-14-15-8-6-5-7-9-15/h5-9,11-13H,3-4,10,14H2,1-2H3/b19-13-. The van der Waals surface area contributed by atoms with Crippen molar-refractivity contribution in [1.82, 2.24) is 4.90 Å². The van der Waals surface area contributed by atoms with Crippen molar-refractivity contribution >= 4 is 56.2 Å². The number of nitrogens with zero attached hydrogens (tertiary/aromatic N) is 1. The Kier molecular flexibility index (Phi) is 7.75. The van der Waals surface area contributed by atoms with Crippen LogP contribution in [0.2, 0.25) is 0 Å². The molecule has 0 unspecified atom stereocenters. The molecule has 1 heterocycles. The zero-order chi connectivity index (χ0) is 20.8. The van der Waals surface area contributed by atoms with E-state index in [1.54, 1.807) is 4.90 Å². The molecule has 0 spiro atoms. The predicted molar refractivity (Wildman–Crippen MR) is 126 cm³/mol. The predicted octanol–water partition coefficient (Wildman–Crippen LogP) is 6.04. The number of carbonyl (C=O) groups excluding carboxylic acids is 1. The van der Waals surface area contributed by atoms with Crippen molar-refractivity contribution in [2.45, 2.75) is 26.9 Å². The SMILES string of the molecule is CCCN1C(=O)/C(=C/c2cc(Br)c(OCc3ccccc3)c(OCC)c2)SC1=S. The first-order chi connectivity index (χ1) is 14.0. The lowest BCUT2D eigenvalue weighted by Crippen LogP contribution is -2.28. The van der Waals surface area contributed by atoms with Gasteiger partial charge in [0.1, 0.15) is 10.9 Å². The fourth-order valence-electron chi connectivity index (χ4n) is 2.87. The Morgan fingerprint density at radius 1 is 1.17 bits per heavy atom. The molecule has 0 aromatic heterocycles. The van der Waals surface area contributed by atoms with Crippen molar-refractivity contribution in [3.05, 3.63) is 63.0 Å². The van der Waals surface area contributed by atoms with Crippen LogP contribution in [0.15, 0.2) is 51.8 Å². The van der Waals surface area contributed by atoms with E-state index in [0.717, 1.165) is 22.0 Å². The molecular formula is C22H22BrNO3S2. The third-order valence-electron chi connectivity index (χ3n) is 4.18. The van der Waals surface area contributed by atoms with E-state index in [1.165, 1.54) is 11.8 Å². The second kappa shape index (κ2) is 10.3. The van der Waals surface area contributed by atoms with Crippen LogP contribution in [0.25, 0.3) is 6.08 Å². The van der Waals surface area contributed by atoms with E-state index in [0.29, 0.717) is 40.5 Å². The number of thiocarbonyl (C=S) groups is 1. The van der Waals surface area contributed by atoms with Gasteiger partial charge in [-0.2, -0.15) is 0 Å². The number of carbonyl (C=O) groups is 1. The second-order valence-corrected chi connectivity index (χ2v) is 8.90. The van der Waals surface area contributed by atoms with Crippen molar-refractivity contribution in [2.75, 3.05) is 13.2 Å². The Bertz CT molecular complexity index is 931. The highest BCUT2D eigenvalue weighted by molar-refractivity contribution is 9.10. The summed E-state index contributed by atoms with van der Waals surface area (Å²) in [6, 6.07) is 13.8. The smallest absolute Gasteiger partial charge is 0.266 e. The van der Waals surface area contributed by atoms with Crippen LogP contribution < -0.4 is 9.47 Å². The van der Waals surface area contributed by atoms with Crippen LogP contribution in [0.4, 0.5) is 0 Å². The number of ether oxygens (including phenoxy) is 2. The van der Waals surface area contributed by atoms with Crippen LogP contribution in [0.1, 0.15) is 31.4 Å². The van der Waals surface area contributed by atoms with Gasteiger partial charge in [0, 0.05) is 6.54 Å². The molecule has 0 radical (unpaired) electrons. The molecule has 0 aliphatic carbocycles. The minimum atomic E-state index is -0.0414. The monoisotopic (exact) mass is 491 g/mol. The summed E-state index contributed by atoms with van der Waals surface area (Å²) >= 11 is 10.3. The molecule has 1 amide bonds. The van der Waals surface area contributed by atoms with Gasteiger partial charge in [-0.3, -0.25) is 9.69 Å². The summed E-state index contributed by atoms with van der Waals surface area (Å²) in [7, 11) is 0. The topological polar surface area (TPSA) is 38.8 Å². The summed E-state index contributed by atoms with van der Waals surface area (Å²) < 4.78 is 13.2. The molecule has 7 heteroatoms. The van der Waals surface area contributed by atoms with Gasteiger partial charge in [-0.1, -0.05) is 61.2 Å². The molecule has 1 aliphatic rings. The van der Waals surface area contributed by atoms with Crippen LogP contribution in [0.5, 0.6) is 11.5 Å². The summed E-state index contributed by atoms with van der Waals surface area (Å²) in [4.78, 5) is 14.9. The van der Waals surface area contributed by atoms with E-state index >= 15 is 0 Å². The first-order valence-electron chi connectivity index (χ1n) is 9.42. The van der Waals surface area contributed by atoms with Crippen LogP contribution >= 0.6 is 39.9 Å². The minimum absolute atomic E-state index is 0.0414. The lowest BCUT2D eigenvalue weighted by atomic mass is 10.1. The fourth-order valence-corrected chi connectivity index (χ4v) is 4.75. The van der Waals surface area contributed by atoms with Crippen molar-refractivity contribution in [1.29, 1.82) is 0 Å². The number of hydrogen-bond acceptors (Lipinski definition) is 5. The maximum Gasteiger partial charge on any atom is 0.266 e. The van der Waals surface area contributed by atoms with Crippen LogP contribution in [0, 0.1) is 0 Å². The lowest BCUT2D eigenvalue weighted by molar-refractivity contribution is -0.122. The van der Waals surface area contributed by atoms with E-state index in [-0.39, 0.29) is 5.91 Å². The maximum atomic E-state index is 12.6. The first kappa shape index (κ1) is 21.9. The van der Waals surface area contributed by atoms with Gasteiger partial charge in [-0.25, -0.2) is 0 Å². The van der Waals surface area contributed by atoms with Crippen molar-refractivity contribution in [3.63, 3.8) is 0 Å². The van der Waals surface area contributed by atoms with Crippen molar-refractivity contribution in [2.24, 2.45) is 0 Å². The summed E-state index contributed by atoms with van der Waals surface area (Å²) in [5.74, 6) is 1.24. The summed E-state index contributed by atoms with van der Waals surface area (Å²) in [6.07, 6.45) is 2.72. The number of hydrogen-bond donors (Lipinski definition) is 0. The average Bonchev–Trinajstić information content (AvgIpc) is 2.96. The highest BCUT2D eigenvalue weighted by Crippen LogP contribution is 2.39. The van der Waals surface area contributed by atoms with Crippen molar-refractivity contribution < 1.29 is 14.3 Å². The minimum Gasteiger partial charge on any atom is -0.490 e. The van der Waals surface area contributed by atoms with Crippen LogP contribution in [0.3, 0.4) is 0 Å². The first-order valence-corrected chi connectivity index (χ1v) is 11.4. The molecule has 0 saturated carbocycles. The zero-order valence-corrected chi connectivity index (χ0v) is 19.5. The maximum absolute atomic E-state index is 12.6. The van der Waals surface area contributed by atoms with Gasteiger partial charge >= 0.3 is 0 Å². The molecule has 0 bridgehead atoms. The Morgan fingerprint density at radius 2 is 1.93 bits per heavy atom. The van der Waals surface area contributed by atoms with Gasteiger partial charge in [-0.05, 0) is 58.6 Å². The normalized spacial score (nSPS) is 15.3. The molecule has 1 aliphatic heterocycles. The van der Waals surface area contributed by atoms with Gasteiger partial charge in [0.2, 0.25) is 0 Å². The Morgan fingerprint density at radius 3 is 2.62 bits per heavy atom. The molecule has 1 saturated heterocycles. The van der Waals surface area contributed by atoms with Crippen molar-refractivity contribution in [3.8, 4) is 11.5 Å². The van der Waals surface area contributed by atoms with Crippen LogP contribution in [-0.4, -0.2) is 28.3 Å². The number of rotatable bonds is 8. The summed E-state index contributed by atoms with van der Waals surface area (Å²) in [6.45, 7) is 5.55. The van der Waals surface area contributed by atoms with Gasteiger partial charge in [-0.15, -0.1) is 0 Å². The van der Waals surface area contributed by atoms with Gasteiger partial charge in [0.25, 0.3) is 5.91 Å². The molecular weight excluding hydrogens is 470 g/mol. The molecule has 2 aromatic rings. The zero-order valence-electron chi connectivity index (χ0n) is 16.3. The fraction of sp³-hybridized carbons (Fsp3) is 0.273. The lowest BCUT2D eigenvalue weighted by Gasteiger charge is -2.15. The Labute approximate surface area is 189 Å². The van der Waals surface area contributed by atoms with E-state index in [2.05, 4.69) is 15.9 Å². The molecule has 152 valence electrons. The second-order valence-electron chi connectivity index (χ2n) is 6.37. The highest BCUT2D eigenvalue weighted by Gasteiger charge is 2.31. The van der Waals surface area contributed by atoms with Gasteiger partial charge in [0.15, 0.2) is 11.5 Å². The molecule has 0 atom stereocenters.